The van der Waals surface area contributed by atoms with E-state index in [1.165, 1.54) is 17.5 Å². The van der Waals surface area contributed by atoms with Crippen LogP contribution in [0.25, 0.3) is 0 Å². The minimum Gasteiger partial charge on any atom is -0.359 e. The first kappa shape index (κ1) is 28.7. The maximum absolute atomic E-state index is 14.4. The largest absolute Gasteiger partial charge is 0.359 e. The molecule has 6 rings (SSSR count). The predicted molar refractivity (Wildman–Crippen MR) is 163 cm³/mol. The average molecular weight is 570 g/mol. The summed E-state index contributed by atoms with van der Waals surface area (Å²) >= 11 is 0. The summed E-state index contributed by atoms with van der Waals surface area (Å²) in [5, 5.41) is 6.32. The zero-order chi connectivity index (χ0) is 29.4. The molecule has 2 aromatic carbocycles. The smallest absolute Gasteiger partial charge is 0.246 e. The quantitative estimate of drug-likeness (QED) is 0.398. The first-order valence-electron chi connectivity index (χ1n) is 15.7. The van der Waals surface area contributed by atoms with Crippen LogP contribution in [0, 0.1) is 11.8 Å². The zero-order valence-corrected chi connectivity index (χ0v) is 24.9. The fourth-order valence-corrected chi connectivity index (χ4v) is 7.54. The van der Waals surface area contributed by atoms with Crippen molar-refractivity contribution in [2.45, 2.75) is 101 Å². The number of nitrogens with zero attached hydrogens (tertiary/aromatic N) is 1. The first-order chi connectivity index (χ1) is 20.3. The predicted octanol–water partition coefficient (Wildman–Crippen LogP) is 5.37. The van der Waals surface area contributed by atoms with Gasteiger partial charge in [0.25, 0.3) is 0 Å². The van der Waals surface area contributed by atoms with Crippen molar-refractivity contribution in [1.82, 2.24) is 10.2 Å². The molecule has 0 aromatic heterocycles. The first-order valence-corrected chi connectivity index (χ1v) is 15.7. The number of ether oxygens (including phenoxy) is 1. The summed E-state index contributed by atoms with van der Waals surface area (Å²) in [5.41, 5.74) is 1.92. The van der Waals surface area contributed by atoms with Gasteiger partial charge in [-0.1, -0.05) is 87.7 Å². The minimum absolute atomic E-state index is 0.105. The molecule has 2 N–H and O–H groups in total. The van der Waals surface area contributed by atoms with Gasteiger partial charge in [0, 0.05) is 17.8 Å². The van der Waals surface area contributed by atoms with Gasteiger partial charge in [0.2, 0.25) is 17.7 Å². The van der Waals surface area contributed by atoms with Gasteiger partial charge in [-0.3, -0.25) is 14.4 Å². The number of fused-ring (bicyclic) bond motifs is 1. The lowest BCUT2D eigenvalue weighted by Crippen LogP contribution is -2.58. The number of hydrogen-bond donors (Lipinski definition) is 2. The Hall–Kier alpha value is -3.45. The number of anilines is 1. The lowest BCUT2D eigenvalue weighted by Gasteiger charge is -2.36. The number of likely N-dealkylation sites (tertiary alicyclic amines) is 1. The number of aryl methyl sites for hydroxylation is 1. The third-order valence-electron chi connectivity index (χ3n) is 9.83. The van der Waals surface area contributed by atoms with Crippen molar-refractivity contribution in [3.05, 3.63) is 77.9 Å². The average Bonchev–Trinajstić information content (AvgIpc) is 3.64. The highest BCUT2D eigenvalue weighted by Gasteiger charge is 2.73. The van der Waals surface area contributed by atoms with Crippen molar-refractivity contribution in [3.8, 4) is 0 Å². The molecule has 2 bridgehead atoms. The molecule has 3 aliphatic heterocycles. The molecular formula is C35H43N3O4. The highest BCUT2D eigenvalue weighted by atomic mass is 16.5. The molecule has 2 saturated heterocycles. The Bertz CT molecular complexity index is 1330. The summed E-state index contributed by atoms with van der Waals surface area (Å²) in [6.45, 7) is 6.27. The number of carbonyl (C=O) groups is 3. The van der Waals surface area contributed by atoms with Crippen LogP contribution < -0.4 is 10.6 Å². The topological polar surface area (TPSA) is 87.7 Å². The third-order valence-corrected chi connectivity index (χ3v) is 9.83. The van der Waals surface area contributed by atoms with Gasteiger partial charge in [0.1, 0.15) is 11.6 Å². The van der Waals surface area contributed by atoms with Gasteiger partial charge in [-0.15, -0.1) is 0 Å². The van der Waals surface area contributed by atoms with Crippen molar-refractivity contribution >= 4 is 23.4 Å². The molecule has 7 heteroatoms. The number of rotatable bonds is 9. The Labute approximate surface area is 249 Å². The standard InChI is InChI=1S/C35H43N3O4/c1-22(2)25-16-18-27(19-17-25)36-32(39)29-28-20-21-35(42-28)30(29)34(41)38(23(3)14-15-24-10-6-4-7-11-24)31(35)33(40)37-26-12-8-5-9-13-26/h4,6-7,10-11,16-23,26,28-31H,5,8-9,12-15H2,1-3H3,(H,36,39)(H,37,40). The van der Waals surface area contributed by atoms with E-state index in [2.05, 4.69) is 36.6 Å². The summed E-state index contributed by atoms with van der Waals surface area (Å²) in [5.74, 6) is -1.64. The molecule has 7 nitrogen and oxygen atoms in total. The Morgan fingerprint density at radius 2 is 1.69 bits per heavy atom. The number of carbonyl (C=O) groups excluding carboxylic acids is 3. The summed E-state index contributed by atoms with van der Waals surface area (Å²) < 4.78 is 6.55. The van der Waals surface area contributed by atoms with E-state index in [-0.39, 0.29) is 29.8 Å². The van der Waals surface area contributed by atoms with Gasteiger partial charge >= 0.3 is 0 Å². The molecule has 1 saturated carbocycles. The molecule has 2 aromatic rings. The normalized spacial score (nSPS) is 29.1. The number of hydrogen-bond acceptors (Lipinski definition) is 4. The Kier molecular flexibility index (Phi) is 7.97. The van der Waals surface area contributed by atoms with Gasteiger partial charge in [0.15, 0.2) is 0 Å². The van der Waals surface area contributed by atoms with E-state index < -0.39 is 29.6 Å². The van der Waals surface area contributed by atoms with Crippen molar-refractivity contribution < 1.29 is 19.1 Å². The summed E-state index contributed by atoms with van der Waals surface area (Å²) in [6, 6.07) is 17.1. The van der Waals surface area contributed by atoms with E-state index in [1.54, 1.807) is 4.90 Å². The molecule has 6 unspecified atom stereocenters. The molecule has 4 aliphatic rings. The van der Waals surface area contributed by atoms with Crippen LogP contribution in [0.3, 0.4) is 0 Å². The summed E-state index contributed by atoms with van der Waals surface area (Å²) in [6.07, 6.45) is 10.0. The molecule has 3 fully saturated rings. The van der Waals surface area contributed by atoms with Gasteiger partial charge in [-0.25, -0.2) is 0 Å². The fourth-order valence-electron chi connectivity index (χ4n) is 7.54. The van der Waals surface area contributed by atoms with Crippen molar-refractivity contribution in [2.24, 2.45) is 11.8 Å². The third kappa shape index (κ3) is 5.17. The van der Waals surface area contributed by atoms with Gasteiger partial charge < -0.3 is 20.3 Å². The SMILES string of the molecule is CC(C)c1ccc(NC(=O)C2C3C=CC4(O3)C2C(=O)N(C(C)CCc2ccccc2)C4C(=O)NC2CCCCC2)cc1. The van der Waals surface area contributed by atoms with E-state index in [1.807, 2.05) is 61.5 Å². The zero-order valence-electron chi connectivity index (χ0n) is 24.9. The van der Waals surface area contributed by atoms with Gasteiger partial charge in [-0.2, -0.15) is 0 Å². The van der Waals surface area contributed by atoms with Crippen LogP contribution in [0.1, 0.15) is 76.3 Å². The number of benzene rings is 2. The van der Waals surface area contributed by atoms with Crippen LogP contribution in [0.2, 0.25) is 0 Å². The fraction of sp³-hybridized carbons (Fsp3) is 0.514. The lowest BCUT2D eigenvalue weighted by molar-refractivity contribution is -0.143. The van der Waals surface area contributed by atoms with Gasteiger partial charge in [0.05, 0.1) is 17.9 Å². The van der Waals surface area contributed by atoms with Crippen LogP contribution in [0.5, 0.6) is 0 Å². The highest BCUT2D eigenvalue weighted by Crippen LogP contribution is 2.56. The van der Waals surface area contributed by atoms with Crippen LogP contribution >= 0.6 is 0 Å². The summed E-state index contributed by atoms with van der Waals surface area (Å²) in [7, 11) is 0. The molecule has 0 radical (unpaired) electrons. The number of amides is 3. The molecule has 6 atom stereocenters. The second-order valence-corrected chi connectivity index (χ2v) is 12.9. The van der Waals surface area contributed by atoms with Crippen LogP contribution in [-0.2, 0) is 25.5 Å². The van der Waals surface area contributed by atoms with Crippen molar-refractivity contribution in [1.29, 1.82) is 0 Å². The maximum atomic E-state index is 14.4. The van der Waals surface area contributed by atoms with E-state index in [0.29, 0.717) is 18.0 Å². The monoisotopic (exact) mass is 569 g/mol. The molecular weight excluding hydrogens is 526 g/mol. The van der Waals surface area contributed by atoms with Gasteiger partial charge in [-0.05, 0) is 61.8 Å². The van der Waals surface area contributed by atoms with Crippen LogP contribution in [0.15, 0.2) is 66.7 Å². The molecule has 1 spiro atoms. The Morgan fingerprint density at radius 3 is 2.38 bits per heavy atom. The van der Waals surface area contributed by atoms with Crippen LogP contribution in [-0.4, -0.2) is 52.5 Å². The molecule has 3 amide bonds. The minimum atomic E-state index is -1.15. The highest BCUT2D eigenvalue weighted by molar-refractivity contribution is 6.03. The van der Waals surface area contributed by atoms with E-state index in [0.717, 1.165) is 32.1 Å². The number of nitrogens with one attached hydrogen (secondary N) is 2. The summed E-state index contributed by atoms with van der Waals surface area (Å²) in [4.78, 5) is 44.0. The maximum Gasteiger partial charge on any atom is 0.246 e. The van der Waals surface area contributed by atoms with Crippen molar-refractivity contribution in [3.63, 3.8) is 0 Å². The van der Waals surface area contributed by atoms with Crippen molar-refractivity contribution in [2.75, 3.05) is 5.32 Å². The van der Waals surface area contributed by atoms with E-state index >= 15 is 0 Å². The van der Waals surface area contributed by atoms with E-state index in [9.17, 15) is 14.4 Å². The molecule has 3 heterocycles. The molecule has 42 heavy (non-hydrogen) atoms. The molecule has 222 valence electrons. The Balaban J connectivity index is 1.27. The van der Waals surface area contributed by atoms with E-state index in [4.69, 9.17) is 4.74 Å². The second-order valence-electron chi connectivity index (χ2n) is 12.9. The lowest BCUT2D eigenvalue weighted by atomic mass is 9.74. The molecule has 1 aliphatic carbocycles. The second kappa shape index (κ2) is 11.7. The van der Waals surface area contributed by atoms with Crippen LogP contribution in [0.4, 0.5) is 5.69 Å². The Morgan fingerprint density at radius 1 is 0.976 bits per heavy atom.